The van der Waals surface area contributed by atoms with E-state index in [0.717, 1.165) is 49.8 Å². The Kier molecular flexibility index (Phi) is 3.95. The second-order valence-electron chi connectivity index (χ2n) is 7.27. The Morgan fingerprint density at radius 1 is 1.15 bits per heavy atom. The van der Waals surface area contributed by atoms with E-state index < -0.39 is 0 Å². The summed E-state index contributed by atoms with van der Waals surface area (Å²) in [6.45, 7) is 1.58. The molecule has 2 aromatic heterocycles. The molecule has 1 aliphatic heterocycles. The van der Waals surface area contributed by atoms with Crippen LogP contribution in [-0.2, 0) is 4.79 Å². The number of para-hydroxylation sites is 1. The summed E-state index contributed by atoms with van der Waals surface area (Å²) in [7, 11) is 0. The summed E-state index contributed by atoms with van der Waals surface area (Å²) in [6, 6.07) is 9.77. The Hall–Kier alpha value is -3.03. The molecule has 2 aliphatic rings. The number of fused-ring (bicyclic) bond motifs is 1. The number of hydrogen-bond acceptors (Lipinski definition) is 6. The standard InChI is InChI=1S/C19H21N7O/c27-18(13-7-8-13)25-11-3-4-14(12-25)21-19-20-10-9-17(22-19)26-16-6-2-1-5-15(16)23-24-26/h1-2,5-6,9-10,13-14H,3-4,7-8,11-12H2,(H,20,21,22)/t14-/m0/s1. The highest BCUT2D eigenvalue weighted by Gasteiger charge is 2.35. The van der Waals surface area contributed by atoms with Gasteiger partial charge < -0.3 is 10.2 Å². The second-order valence-corrected chi connectivity index (χ2v) is 7.27. The van der Waals surface area contributed by atoms with Crippen molar-refractivity contribution in [3.05, 3.63) is 36.5 Å². The molecule has 1 saturated carbocycles. The Bertz CT molecular complexity index is 981. The van der Waals surface area contributed by atoms with Crippen molar-refractivity contribution >= 4 is 22.9 Å². The predicted octanol–water partition coefficient (Wildman–Crippen LogP) is 2.02. The van der Waals surface area contributed by atoms with E-state index in [1.807, 2.05) is 35.2 Å². The first-order valence-corrected chi connectivity index (χ1v) is 9.47. The number of nitrogens with one attached hydrogen (secondary N) is 1. The maximum atomic E-state index is 12.3. The highest BCUT2D eigenvalue weighted by atomic mass is 16.2. The van der Waals surface area contributed by atoms with Crippen molar-refractivity contribution in [2.45, 2.75) is 31.7 Å². The van der Waals surface area contributed by atoms with Crippen LogP contribution in [0.1, 0.15) is 25.7 Å². The normalized spacial score (nSPS) is 20.0. The fourth-order valence-corrected chi connectivity index (χ4v) is 3.64. The molecule has 1 aromatic carbocycles. The van der Waals surface area contributed by atoms with Crippen LogP contribution in [0.3, 0.4) is 0 Å². The van der Waals surface area contributed by atoms with Gasteiger partial charge >= 0.3 is 0 Å². The molecule has 1 atom stereocenters. The zero-order valence-corrected chi connectivity index (χ0v) is 15.0. The van der Waals surface area contributed by atoms with E-state index in [1.165, 1.54) is 0 Å². The maximum absolute atomic E-state index is 12.3. The summed E-state index contributed by atoms with van der Waals surface area (Å²) in [5.41, 5.74) is 1.73. The molecule has 1 aliphatic carbocycles. The fourth-order valence-electron chi connectivity index (χ4n) is 3.64. The van der Waals surface area contributed by atoms with Gasteiger partial charge in [-0.05, 0) is 37.8 Å². The van der Waals surface area contributed by atoms with Crippen LogP contribution in [0.15, 0.2) is 36.5 Å². The van der Waals surface area contributed by atoms with E-state index in [0.29, 0.717) is 17.7 Å². The molecule has 1 saturated heterocycles. The first-order valence-electron chi connectivity index (χ1n) is 9.47. The minimum atomic E-state index is 0.171. The van der Waals surface area contributed by atoms with Gasteiger partial charge in [-0.3, -0.25) is 4.79 Å². The number of amides is 1. The summed E-state index contributed by atoms with van der Waals surface area (Å²) in [5.74, 6) is 1.80. The van der Waals surface area contributed by atoms with Gasteiger partial charge in [0.1, 0.15) is 5.52 Å². The summed E-state index contributed by atoms with van der Waals surface area (Å²) >= 11 is 0. The van der Waals surface area contributed by atoms with E-state index in [9.17, 15) is 4.79 Å². The van der Waals surface area contributed by atoms with Crippen molar-refractivity contribution in [2.75, 3.05) is 18.4 Å². The van der Waals surface area contributed by atoms with E-state index in [1.54, 1.807) is 10.9 Å². The van der Waals surface area contributed by atoms with Gasteiger partial charge in [0.25, 0.3) is 0 Å². The monoisotopic (exact) mass is 363 g/mol. The van der Waals surface area contributed by atoms with Crippen molar-refractivity contribution in [3.8, 4) is 5.82 Å². The van der Waals surface area contributed by atoms with Gasteiger partial charge in [0, 0.05) is 37.3 Å². The first kappa shape index (κ1) is 16.2. The zero-order chi connectivity index (χ0) is 18.2. The topological polar surface area (TPSA) is 88.8 Å². The molecule has 3 heterocycles. The molecule has 1 N–H and O–H groups in total. The predicted molar refractivity (Wildman–Crippen MR) is 100 cm³/mol. The number of hydrogen-bond donors (Lipinski definition) is 1. The Morgan fingerprint density at radius 3 is 2.93 bits per heavy atom. The molecular weight excluding hydrogens is 342 g/mol. The molecule has 27 heavy (non-hydrogen) atoms. The van der Waals surface area contributed by atoms with Gasteiger partial charge in [0.2, 0.25) is 11.9 Å². The number of nitrogens with zero attached hydrogens (tertiary/aromatic N) is 6. The lowest BCUT2D eigenvalue weighted by Crippen LogP contribution is -2.45. The largest absolute Gasteiger partial charge is 0.350 e. The lowest BCUT2D eigenvalue weighted by molar-refractivity contribution is -0.133. The van der Waals surface area contributed by atoms with Crippen LogP contribution >= 0.6 is 0 Å². The molecule has 2 fully saturated rings. The summed E-state index contributed by atoms with van der Waals surface area (Å²) < 4.78 is 1.71. The molecular formula is C19H21N7O. The van der Waals surface area contributed by atoms with Crippen LogP contribution < -0.4 is 5.32 Å². The van der Waals surface area contributed by atoms with Crippen LogP contribution in [-0.4, -0.2) is 54.9 Å². The molecule has 0 bridgehead atoms. The molecule has 8 heteroatoms. The van der Waals surface area contributed by atoms with E-state index in [-0.39, 0.29) is 12.0 Å². The first-order chi connectivity index (χ1) is 13.3. The SMILES string of the molecule is O=C(C1CC1)N1CCC[C@H](Nc2nccc(-n3nnc4ccccc43)n2)C1. The maximum Gasteiger partial charge on any atom is 0.225 e. The number of likely N-dealkylation sites (tertiary alicyclic amines) is 1. The van der Waals surface area contributed by atoms with E-state index in [4.69, 9.17) is 0 Å². The van der Waals surface area contributed by atoms with Gasteiger partial charge in [-0.25, -0.2) is 4.98 Å². The van der Waals surface area contributed by atoms with Crippen molar-refractivity contribution in [1.82, 2.24) is 29.9 Å². The minimum Gasteiger partial charge on any atom is -0.350 e. The molecule has 3 aromatic rings. The highest BCUT2D eigenvalue weighted by Crippen LogP contribution is 2.32. The van der Waals surface area contributed by atoms with Crippen LogP contribution in [0.5, 0.6) is 0 Å². The van der Waals surface area contributed by atoms with Crippen LogP contribution in [0, 0.1) is 5.92 Å². The number of aromatic nitrogens is 5. The fraction of sp³-hybridized carbons (Fsp3) is 0.421. The second kappa shape index (κ2) is 6.61. The van der Waals surface area contributed by atoms with E-state index in [2.05, 4.69) is 25.6 Å². The van der Waals surface area contributed by atoms with Crippen LogP contribution in [0.4, 0.5) is 5.95 Å². The van der Waals surface area contributed by atoms with Crippen molar-refractivity contribution in [1.29, 1.82) is 0 Å². The lowest BCUT2D eigenvalue weighted by Gasteiger charge is -2.33. The number of carbonyl (C=O) groups is 1. The van der Waals surface area contributed by atoms with Gasteiger partial charge in [0.15, 0.2) is 5.82 Å². The molecule has 1 amide bonds. The molecule has 0 radical (unpaired) electrons. The summed E-state index contributed by atoms with van der Waals surface area (Å²) in [5, 5.41) is 11.8. The Morgan fingerprint density at radius 2 is 2.04 bits per heavy atom. The third-order valence-electron chi connectivity index (χ3n) is 5.20. The quantitative estimate of drug-likeness (QED) is 0.763. The number of carbonyl (C=O) groups excluding carboxylic acids is 1. The van der Waals surface area contributed by atoms with Crippen molar-refractivity contribution in [3.63, 3.8) is 0 Å². The Balaban J connectivity index is 1.34. The average molecular weight is 363 g/mol. The lowest BCUT2D eigenvalue weighted by atomic mass is 10.1. The number of anilines is 1. The zero-order valence-electron chi connectivity index (χ0n) is 15.0. The number of rotatable bonds is 4. The van der Waals surface area contributed by atoms with Crippen LogP contribution in [0.25, 0.3) is 16.9 Å². The van der Waals surface area contributed by atoms with E-state index >= 15 is 0 Å². The van der Waals surface area contributed by atoms with Gasteiger partial charge in [-0.1, -0.05) is 17.3 Å². The third-order valence-corrected chi connectivity index (χ3v) is 5.20. The molecule has 5 rings (SSSR count). The minimum absolute atomic E-state index is 0.171. The molecule has 8 nitrogen and oxygen atoms in total. The molecule has 0 spiro atoms. The average Bonchev–Trinajstić information content (AvgIpc) is 3.47. The van der Waals surface area contributed by atoms with Crippen molar-refractivity contribution in [2.24, 2.45) is 5.92 Å². The van der Waals surface area contributed by atoms with Gasteiger partial charge in [-0.15, -0.1) is 5.10 Å². The summed E-state index contributed by atoms with van der Waals surface area (Å²) in [6.07, 6.45) is 5.82. The summed E-state index contributed by atoms with van der Waals surface area (Å²) in [4.78, 5) is 23.3. The van der Waals surface area contributed by atoms with Gasteiger partial charge in [-0.2, -0.15) is 9.67 Å². The smallest absolute Gasteiger partial charge is 0.225 e. The van der Waals surface area contributed by atoms with Crippen molar-refractivity contribution < 1.29 is 4.79 Å². The highest BCUT2D eigenvalue weighted by molar-refractivity contribution is 5.81. The third kappa shape index (κ3) is 3.22. The van der Waals surface area contributed by atoms with Crippen LogP contribution in [0.2, 0.25) is 0 Å². The molecule has 0 unspecified atom stereocenters. The number of piperidine rings is 1. The number of benzene rings is 1. The molecule has 138 valence electrons. The van der Waals surface area contributed by atoms with Gasteiger partial charge in [0.05, 0.1) is 5.52 Å². The Labute approximate surface area is 156 Å².